The summed E-state index contributed by atoms with van der Waals surface area (Å²) in [4.78, 5) is 21.2. The first-order valence-electron chi connectivity index (χ1n) is 6.75. The van der Waals surface area contributed by atoms with E-state index >= 15 is 0 Å². The molecule has 0 saturated carbocycles. The van der Waals surface area contributed by atoms with E-state index < -0.39 is 0 Å². The summed E-state index contributed by atoms with van der Waals surface area (Å²) in [5.74, 6) is 1.81. The Morgan fingerprint density at radius 2 is 1.95 bits per heavy atom. The summed E-state index contributed by atoms with van der Waals surface area (Å²) in [5.41, 5.74) is 0.760. The van der Waals surface area contributed by atoms with Crippen LogP contribution in [-0.2, 0) is 0 Å². The minimum absolute atomic E-state index is 0.134. The SMILES string of the molecule is Cc1cc2c(Oc3cnc(C(=O)N(C)C)nc3)cccc2o1. The molecule has 0 aliphatic heterocycles. The Balaban J connectivity index is 1.87. The summed E-state index contributed by atoms with van der Waals surface area (Å²) in [6.45, 7) is 1.88. The van der Waals surface area contributed by atoms with Gasteiger partial charge in [-0.25, -0.2) is 9.97 Å². The van der Waals surface area contributed by atoms with Gasteiger partial charge in [-0.15, -0.1) is 0 Å². The van der Waals surface area contributed by atoms with Gasteiger partial charge in [0.1, 0.15) is 17.1 Å². The number of benzene rings is 1. The molecule has 6 nitrogen and oxygen atoms in total. The van der Waals surface area contributed by atoms with Crippen LogP contribution in [-0.4, -0.2) is 34.9 Å². The maximum absolute atomic E-state index is 11.7. The second-order valence-electron chi connectivity index (χ2n) is 5.07. The zero-order chi connectivity index (χ0) is 15.7. The molecule has 1 amide bonds. The van der Waals surface area contributed by atoms with E-state index in [1.807, 2.05) is 31.2 Å². The van der Waals surface area contributed by atoms with Crippen LogP contribution in [0.25, 0.3) is 11.0 Å². The molecule has 22 heavy (non-hydrogen) atoms. The lowest BCUT2D eigenvalue weighted by molar-refractivity contribution is 0.0815. The molecule has 0 fully saturated rings. The number of carbonyl (C=O) groups excluding carboxylic acids is 1. The molecule has 2 heterocycles. The highest BCUT2D eigenvalue weighted by Gasteiger charge is 2.12. The van der Waals surface area contributed by atoms with E-state index in [1.165, 1.54) is 17.3 Å². The Morgan fingerprint density at radius 3 is 2.64 bits per heavy atom. The molecular weight excluding hydrogens is 282 g/mol. The molecule has 0 unspecified atom stereocenters. The van der Waals surface area contributed by atoms with Crippen molar-refractivity contribution in [2.75, 3.05) is 14.1 Å². The number of nitrogens with zero attached hydrogens (tertiary/aromatic N) is 3. The number of rotatable bonds is 3. The fraction of sp³-hybridized carbons (Fsp3) is 0.188. The van der Waals surface area contributed by atoms with Crippen molar-refractivity contribution < 1.29 is 13.9 Å². The topological polar surface area (TPSA) is 68.5 Å². The number of furan rings is 1. The molecule has 0 atom stereocenters. The van der Waals surface area contributed by atoms with Crippen molar-refractivity contribution in [3.63, 3.8) is 0 Å². The molecule has 2 aromatic heterocycles. The molecular formula is C16H15N3O3. The third-order valence-electron chi connectivity index (χ3n) is 3.10. The number of aromatic nitrogens is 2. The van der Waals surface area contributed by atoms with E-state index in [9.17, 15) is 4.79 Å². The molecule has 1 aromatic carbocycles. The maximum atomic E-state index is 11.7. The van der Waals surface area contributed by atoms with E-state index in [-0.39, 0.29) is 11.7 Å². The molecule has 3 aromatic rings. The first kappa shape index (κ1) is 14.1. The van der Waals surface area contributed by atoms with Gasteiger partial charge in [-0.3, -0.25) is 4.79 Å². The van der Waals surface area contributed by atoms with E-state index in [0.717, 1.165) is 16.7 Å². The van der Waals surface area contributed by atoms with Crippen LogP contribution in [0.3, 0.4) is 0 Å². The van der Waals surface area contributed by atoms with Gasteiger partial charge in [0.2, 0.25) is 5.82 Å². The number of carbonyl (C=O) groups is 1. The van der Waals surface area contributed by atoms with Crippen molar-refractivity contribution in [3.8, 4) is 11.5 Å². The standard InChI is InChI=1S/C16H15N3O3/c1-10-7-12-13(21-10)5-4-6-14(12)22-11-8-17-15(18-9-11)16(20)19(2)3/h4-9H,1-3H3. The monoisotopic (exact) mass is 297 g/mol. The number of aryl methyl sites for hydroxylation is 1. The summed E-state index contributed by atoms with van der Waals surface area (Å²) in [5, 5.41) is 0.883. The van der Waals surface area contributed by atoms with Crippen LogP contribution in [0.5, 0.6) is 11.5 Å². The molecule has 0 spiro atoms. The first-order valence-corrected chi connectivity index (χ1v) is 6.75. The molecule has 0 bridgehead atoms. The second-order valence-corrected chi connectivity index (χ2v) is 5.07. The zero-order valence-corrected chi connectivity index (χ0v) is 12.5. The van der Waals surface area contributed by atoms with Crippen LogP contribution in [0.15, 0.2) is 41.1 Å². The van der Waals surface area contributed by atoms with Gasteiger partial charge in [0.05, 0.1) is 17.8 Å². The maximum Gasteiger partial charge on any atom is 0.291 e. The lowest BCUT2D eigenvalue weighted by atomic mass is 10.2. The van der Waals surface area contributed by atoms with Gasteiger partial charge >= 0.3 is 0 Å². The van der Waals surface area contributed by atoms with Crippen LogP contribution in [0.1, 0.15) is 16.4 Å². The highest BCUT2D eigenvalue weighted by atomic mass is 16.5. The summed E-state index contributed by atoms with van der Waals surface area (Å²) in [7, 11) is 3.30. The van der Waals surface area contributed by atoms with Crippen molar-refractivity contribution in [3.05, 3.63) is 48.2 Å². The van der Waals surface area contributed by atoms with Crippen molar-refractivity contribution in [2.45, 2.75) is 6.92 Å². The van der Waals surface area contributed by atoms with E-state index in [2.05, 4.69) is 9.97 Å². The van der Waals surface area contributed by atoms with Crippen molar-refractivity contribution in [2.24, 2.45) is 0 Å². The number of hydrogen-bond donors (Lipinski definition) is 0. The quantitative estimate of drug-likeness (QED) is 0.743. The van der Waals surface area contributed by atoms with Crippen molar-refractivity contribution >= 4 is 16.9 Å². The molecule has 0 saturated heterocycles. The number of amides is 1. The first-order chi connectivity index (χ1) is 10.5. The fourth-order valence-corrected chi connectivity index (χ4v) is 2.06. The van der Waals surface area contributed by atoms with Crippen LogP contribution in [0.2, 0.25) is 0 Å². The Bertz CT molecular complexity index is 822. The van der Waals surface area contributed by atoms with E-state index in [1.54, 1.807) is 14.1 Å². The zero-order valence-electron chi connectivity index (χ0n) is 12.5. The van der Waals surface area contributed by atoms with Crippen LogP contribution in [0.4, 0.5) is 0 Å². The van der Waals surface area contributed by atoms with E-state index in [4.69, 9.17) is 9.15 Å². The molecule has 3 rings (SSSR count). The van der Waals surface area contributed by atoms with Gasteiger partial charge in [0, 0.05) is 14.1 Å². The summed E-state index contributed by atoms with van der Waals surface area (Å²) in [6, 6.07) is 7.49. The summed E-state index contributed by atoms with van der Waals surface area (Å²) >= 11 is 0. The highest BCUT2D eigenvalue weighted by Crippen LogP contribution is 2.31. The molecule has 112 valence electrons. The Morgan fingerprint density at radius 1 is 1.23 bits per heavy atom. The molecule has 6 heteroatoms. The molecule has 0 N–H and O–H groups in total. The van der Waals surface area contributed by atoms with Gasteiger partial charge in [0.15, 0.2) is 5.75 Å². The van der Waals surface area contributed by atoms with Gasteiger partial charge in [-0.05, 0) is 25.1 Å². The van der Waals surface area contributed by atoms with Gasteiger partial charge in [0.25, 0.3) is 5.91 Å². The average Bonchev–Trinajstić information content (AvgIpc) is 2.88. The van der Waals surface area contributed by atoms with E-state index in [0.29, 0.717) is 11.5 Å². The lowest BCUT2D eigenvalue weighted by Crippen LogP contribution is -2.23. The predicted molar refractivity (Wildman–Crippen MR) is 81.1 cm³/mol. The molecule has 0 aliphatic carbocycles. The molecule has 0 aliphatic rings. The Hall–Kier alpha value is -2.89. The van der Waals surface area contributed by atoms with Crippen LogP contribution < -0.4 is 4.74 Å². The Kier molecular flexibility index (Phi) is 3.50. The lowest BCUT2D eigenvalue weighted by Gasteiger charge is -2.09. The predicted octanol–water partition coefficient (Wildman–Crippen LogP) is 3.03. The second kappa shape index (κ2) is 5.48. The van der Waals surface area contributed by atoms with Crippen LogP contribution in [0, 0.1) is 6.92 Å². The normalized spacial score (nSPS) is 10.7. The third-order valence-corrected chi connectivity index (χ3v) is 3.10. The number of hydrogen-bond acceptors (Lipinski definition) is 5. The number of fused-ring (bicyclic) bond motifs is 1. The van der Waals surface area contributed by atoms with Crippen molar-refractivity contribution in [1.29, 1.82) is 0 Å². The fourth-order valence-electron chi connectivity index (χ4n) is 2.06. The van der Waals surface area contributed by atoms with Crippen molar-refractivity contribution in [1.82, 2.24) is 14.9 Å². The van der Waals surface area contributed by atoms with Crippen LogP contribution >= 0.6 is 0 Å². The smallest absolute Gasteiger partial charge is 0.291 e. The molecule has 0 radical (unpaired) electrons. The number of ether oxygens (including phenoxy) is 1. The highest BCUT2D eigenvalue weighted by molar-refractivity contribution is 5.90. The van der Waals surface area contributed by atoms with Gasteiger partial charge < -0.3 is 14.1 Å². The average molecular weight is 297 g/mol. The van der Waals surface area contributed by atoms with Gasteiger partial charge in [-0.1, -0.05) is 6.07 Å². The summed E-state index contributed by atoms with van der Waals surface area (Å²) in [6.07, 6.45) is 2.96. The summed E-state index contributed by atoms with van der Waals surface area (Å²) < 4.78 is 11.4. The minimum atomic E-state index is -0.251. The Labute approximate surface area is 127 Å². The third kappa shape index (κ3) is 2.63. The van der Waals surface area contributed by atoms with Gasteiger partial charge in [-0.2, -0.15) is 0 Å². The minimum Gasteiger partial charge on any atom is -0.461 e. The largest absolute Gasteiger partial charge is 0.461 e.